The van der Waals surface area contributed by atoms with Crippen molar-refractivity contribution < 1.29 is 8.42 Å². The van der Waals surface area contributed by atoms with Gasteiger partial charge in [0.25, 0.3) is 0 Å². The third-order valence-corrected chi connectivity index (χ3v) is 6.72. The van der Waals surface area contributed by atoms with E-state index in [0.717, 1.165) is 5.96 Å². The number of benzene rings is 2. The molecule has 3 rings (SSSR count). The van der Waals surface area contributed by atoms with Gasteiger partial charge in [-0.25, -0.2) is 8.42 Å². The molecule has 27 heavy (non-hydrogen) atoms. The molecule has 2 N–H and O–H groups in total. The summed E-state index contributed by atoms with van der Waals surface area (Å²) in [5.74, 6) is 1.40. The SMILES string of the molecule is CC(C)NC(=NCC1CCS(=O)(=O)C1)NC(C)c1ccc2ccccc2c1. The summed E-state index contributed by atoms with van der Waals surface area (Å²) < 4.78 is 23.3. The van der Waals surface area contributed by atoms with Crippen LogP contribution in [0.1, 0.15) is 38.8 Å². The lowest BCUT2D eigenvalue weighted by atomic mass is 10.0. The first-order valence-electron chi connectivity index (χ1n) is 9.59. The van der Waals surface area contributed by atoms with Crippen LogP contribution in [0.4, 0.5) is 0 Å². The van der Waals surface area contributed by atoms with Gasteiger partial charge < -0.3 is 10.6 Å². The van der Waals surface area contributed by atoms with Crippen LogP contribution in [0.5, 0.6) is 0 Å². The highest BCUT2D eigenvalue weighted by Crippen LogP contribution is 2.21. The second-order valence-corrected chi connectivity index (χ2v) is 9.96. The average Bonchev–Trinajstić information content (AvgIpc) is 2.97. The number of nitrogens with zero attached hydrogens (tertiary/aromatic N) is 1. The lowest BCUT2D eigenvalue weighted by Gasteiger charge is -2.21. The summed E-state index contributed by atoms with van der Waals surface area (Å²) in [7, 11) is -2.86. The summed E-state index contributed by atoms with van der Waals surface area (Å²) in [6, 6.07) is 15.1. The van der Waals surface area contributed by atoms with Gasteiger partial charge in [-0.05, 0) is 55.5 Å². The molecule has 0 radical (unpaired) electrons. The number of guanidine groups is 1. The Morgan fingerprint density at radius 3 is 2.52 bits per heavy atom. The van der Waals surface area contributed by atoms with Gasteiger partial charge >= 0.3 is 0 Å². The number of nitrogens with one attached hydrogen (secondary N) is 2. The van der Waals surface area contributed by atoms with E-state index in [0.29, 0.717) is 18.7 Å². The third kappa shape index (κ3) is 5.45. The van der Waals surface area contributed by atoms with Crippen molar-refractivity contribution in [3.8, 4) is 0 Å². The number of rotatable bonds is 5. The van der Waals surface area contributed by atoms with Crippen LogP contribution in [-0.2, 0) is 9.84 Å². The van der Waals surface area contributed by atoms with Crippen LogP contribution in [0.2, 0.25) is 0 Å². The number of sulfone groups is 1. The first kappa shape index (κ1) is 19.7. The molecule has 0 aliphatic carbocycles. The zero-order valence-electron chi connectivity index (χ0n) is 16.3. The molecule has 1 aliphatic rings. The third-order valence-electron chi connectivity index (χ3n) is 4.89. The molecule has 0 aromatic heterocycles. The molecule has 1 saturated heterocycles. The minimum Gasteiger partial charge on any atom is -0.354 e. The number of hydrogen-bond donors (Lipinski definition) is 2. The molecule has 146 valence electrons. The summed E-state index contributed by atoms with van der Waals surface area (Å²) in [6.07, 6.45) is 0.709. The predicted molar refractivity (Wildman–Crippen MR) is 113 cm³/mol. The van der Waals surface area contributed by atoms with Crippen molar-refractivity contribution in [3.05, 3.63) is 48.0 Å². The molecule has 0 spiro atoms. The van der Waals surface area contributed by atoms with E-state index in [1.54, 1.807) is 0 Å². The molecule has 0 amide bonds. The Morgan fingerprint density at radius 2 is 1.85 bits per heavy atom. The van der Waals surface area contributed by atoms with Crippen molar-refractivity contribution in [3.63, 3.8) is 0 Å². The molecule has 1 aliphatic heterocycles. The molecule has 2 aromatic carbocycles. The minimum absolute atomic E-state index is 0.0897. The normalized spacial score (nSPS) is 20.7. The maximum Gasteiger partial charge on any atom is 0.191 e. The van der Waals surface area contributed by atoms with E-state index in [1.165, 1.54) is 16.3 Å². The van der Waals surface area contributed by atoms with Crippen molar-refractivity contribution in [2.75, 3.05) is 18.1 Å². The van der Waals surface area contributed by atoms with Crippen LogP contribution >= 0.6 is 0 Å². The van der Waals surface area contributed by atoms with E-state index in [2.05, 4.69) is 66.7 Å². The monoisotopic (exact) mass is 387 g/mol. The molecule has 2 unspecified atom stereocenters. The maximum absolute atomic E-state index is 11.7. The van der Waals surface area contributed by atoms with Crippen molar-refractivity contribution in [1.29, 1.82) is 0 Å². The molecule has 5 nitrogen and oxygen atoms in total. The van der Waals surface area contributed by atoms with Gasteiger partial charge in [0.15, 0.2) is 15.8 Å². The summed E-state index contributed by atoms with van der Waals surface area (Å²) in [5, 5.41) is 9.26. The molecule has 6 heteroatoms. The molecule has 0 bridgehead atoms. The van der Waals surface area contributed by atoms with Crippen LogP contribution < -0.4 is 10.6 Å². The lowest BCUT2D eigenvalue weighted by molar-refractivity contribution is 0.584. The zero-order valence-corrected chi connectivity index (χ0v) is 17.1. The van der Waals surface area contributed by atoms with Gasteiger partial charge in [0.2, 0.25) is 0 Å². The Hall–Kier alpha value is -2.08. The van der Waals surface area contributed by atoms with E-state index in [-0.39, 0.29) is 23.8 Å². The molecule has 1 fully saturated rings. The fraction of sp³-hybridized carbons (Fsp3) is 0.476. The van der Waals surface area contributed by atoms with Crippen LogP contribution in [0.15, 0.2) is 47.5 Å². The van der Waals surface area contributed by atoms with Crippen molar-refractivity contribution in [2.24, 2.45) is 10.9 Å². The van der Waals surface area contributed by atoms with Crippen LogP contribution in [0, 0.1) is 5.92 Å². The molecular formula is C21H29N3O2S. The molecule has 2 atom stereocenters. The Morgan fingerprint density at radius 1 is 1.11 bits per heavy atom. The summed E-state index contributed by atoms with van der Waals surface area (Å²) in [4.78, 5) is 4.67. The summed E-state index contributed by atoms with van der Waals surface area (Å²) in [6.45, 7) is 6.78. The zero-order chi connectivity index (χ0) is 19.4. The fourth-order valence-electron chi connectivity index (χ4n) is 3.41. The largest absolute Gasteiger partial charge is 0.354 e. The molecule has 1 heterocycles. The quantitative estimate of drug-likeness (QED) is 0.610. The van der Waals surface area contributed by atoms with Gasteiger partial charge in [-0.1, -0.05) is 36.4 Å². The Balaban J connectivity index is 1.71. The van der Waals surface area contributed by atoms with E-state index in [4.69, 9.17) is 0 Å². The topological polar surface area (TPSA) is 70.6 Å². The minimum atomic E-state index is -2.86. The Kier molecular flexibility index (Phi) is 6.05. The van der Waals surface area contributed by atoms with Gasteiger partial charge in [0, 0.05) is 12.6 Å². The number of hydrogen-bond acceptors (Lipinski definition) is 3. The van der Waals surface area contributed by atoms with E-state index < -0.39 is 9.84 Å². The molecule has 0 saturated carbocycles. The van der Waals surface area contributed by atoms with Crippen molar-refractivity contribution in [1.82, 2.24) is 10.6 Å². The predicted octanol–water partition coefficient (Wildman–Crippen LogP) is 3.28. The van der Waals surface area contributed by atoms with Crippen LogP contribution in [-0.4, -0.2) is 38.5 Å². The van der Waals surface area contributed by atoms with Gasteiger partial charge in [-0.15, -0.1) is 0 Å². The highest BCUT2D eigenvalue weighted by atomic mass is 32.2. The van der Waals surface area contributed by atoms with E-state index in [1.807, 2.05) is 12.1 Å². The van der Waals surface area contributed by atoms with Gasteiger partial charge in [-0.2, -0.15) is 0 Å². The Labute approximate surface area is 162 Å². The Bertz CT molecular complexity index is 922. The standard InChI is InChI=1S/C21H29N3O2S/c1-15(2)23-21(22-13-17-10-11-27(25,26)14-17)24-16(3)19-9-8-18-6-4-5-7-20(18)12-19/h4-9,12,15-17H,10-11,13-14H2,1-3H3,(H2,22,23,24). The fourth-order valence-corrected chi connectivity index (χ4v) is 5.26. The van der Waals surface area contributed by atoms with Gasteiger partial charge in [0.1, 0.15) is 0 Å². The molecule has 2 aromatic rings. The average molecular weight is 388 g/mol. The highest BCUT2D eigenvalue weighted by molar-refractivity contribution is 7.91. The summed E-state index contributed by atoms with van der Waals surface area (Å²) >= 11 is 0. The van der Waals surface area contributed by atoms with E-state index >= 15 is 0 Å². The van der Waals surface area contributed by atoms with Crippen LogP contribution in [0.25, 0.3) is 10.8 Å². The summed E-state index contributed by atoms with van der Waals surface area (Å²) in [5.41, 5.74) is 1.19. The number of aliphatic imine (C=N–C) groups is 1. The second-order valence-electron chi connectivity index (χ2n) is 7.73. The first-order valence-corrected chi connectivity index (χ1v) is 11.4. The van der Waals surface area contributed by atoms with Crippen molar-refractivity contribution in [2.45, 2.75) is 39.3 Å². The van der Waals surface area contributed by atoms with Gasteiger partial charge in [-0.3, -0.25) is 4.99 Å². The number of fused-ring (bicyclic) bond motifs is 1. The highest BCUT2D eigenvalue weighted by Gasteiger charge is 2.27. The smallest absolute Gasteiger partial charge is 0.191 e. The van der Waals surface area contributed by atoms with Crippen LogP contribution in [0.3, 0.4) is 0 Å². The van der Waals surface area contributed by atoms with Crippen molar-refractivity contribution >= 4 is 26.6 Å². The lowest BCUT2D eigenvalue weighted by Crippen LogP contribution is -2.42. The molecular weight excluding hydrogens is 358 g/mol. The first-order chi connectivity index (χ1) is 12.8. The second kappa shape index (κ2) is 8.30. The maximum atomic E-state index is 11.7. The van der Waals surface area contributed by atoms with Gasteiger partial charge in [0.05, 0.1) is 17.5 Å². The van der Waals surface area contributed by atoms with E-state index in [9.17, 15) is 8.42 Å².